The molecule has 2 aliphatic carbocycles. The van der Waals surface area contributed by atoms with Gasteiger partial charge in [-0.2, -0.15) is 0 Å². The number of nitrogens with two attached hydrogens (primary N) is 1. The maximum atomic E-state index is 13.2. The van der Waals surface area contributed by atoms with Crippen molar-refractivity contribution in [1.82, 2.24) is 0 Å². The van der Waals surface area contributed by atoms with E-state index in [1.807, 2.05) is 24.3 Å². The van der Waals surface area contributed by atoms with Crippen molar-refractivity contribution in [3.8, 4) is 16.9 Å². The van der Waals surface area contributed by atoms with Crippen LogP contribution in [0.4, 0.5) is 5.69 Å². The highest BCUT2D eigenvalue weighted by Gasteiger charge is 2.35. The van der Waals surface area contributed by atoms with E-state index >= 15 is 0 Å². The Morgan fingerprint density at radius 1 is 1.03 bits per heavy atom. The monoisotopic (exact) mass is 522 g/mol. The summed E-state index contributed by atoms with van der Waals surface area (Å²) >= 11 is 0. The highest BCUT2D eigenvalue weighted by molar-refractivity contribution is 6.03. The van der Waals surface area contributed by atoms with Crippen LogP contribution in [0.2, 0.25) is 0 Å². The fraction of sp³-hybridized carbons (Fsp3) is 0.448. The lowest BCUT2D eigenvalue weighted by Crippen LogP contribution is -2.33. The second-order valence-corrected chi connectivity index (χ2v) is 10.4. The van der Waals surface area contributed by atoms with Crippen LogP contribution in [0, 0.1) is 23.7 Å². The molecule has 3 unspecified atom stereocenters. The number of amides is 2. The van der Waals surface area contributed by atoms with Gasteiger partial charge in [-0.25, -0.2) is 0 Å². The van der Waals surface area contributed by atoms with Gasteiger partial charge in [-0.3, -0.25) is 19.2 Å². The average Bonchev–Trinajstić information content (AvgIpc) is 3.71. The first kappa shape index (κ1) is 27.5. The molecular formula is C29H34N2O7. The van der Waals surface area contributed by atoms with Crippen LogP contribution >= 0.6 is 0 Å². The summed E-state index contributed by atoms with van der Waals surface area (Å²) in [5, 5.41) is 32.9. The lowest BCUT2D eigenvalue weighted by Gasteiger charge is -2.31. The van der Waals surface area contributed by atoms with Crippen molar-refractivity contribution in [3.63, 3.8) is 0 Å². The van der Waals surface area contributed by atoms with Crippen LogP contribution < -0.4 is 11.1 Å². The van der Waals surface area contributed by atoms with Crippen LogP contribution in [-0.2, 0) is 20.8 Å². The van der Waals surface area contributed by atoms with Crippen molar-refractivity contribution in [3.05, 3.63) is 47.5 Å². The van der Waals surface area contributed by atoms with Crippen LogP contribution in [0.25, 0.3) is 11.1 Å². The summed E-state index contributed by atoms with van der Waals surface area (Å²) in [7, 11) is 0. The number of nitrogens with one attached hydrogen (secondary N) is 1. The Morgan fingerprint density at radius 3 is 2.34 bits per heavy atom. The van der Waals surface area contributed by atoms with Gasteiger partial charge in [0.05, 0.1) is 18.6 Å². The summed E-state index contributed by atoms with van der Waals surface area (Å²) in [6.07, 6.45) is 2.55. The number of anilines is 1. The number of hydrogen-bond acceptors (Lipinski definition) is 7. The fourth-order valence-electron chi connectivity index (χ4n) is 5.54. The van der Waals surface area contributed by atoms with E-state index in [1.54, 1.807) is 6.07 Å². The van der Waals surface area contributed by atoms with Gasteiger partial charge in [0.1, 0.15) is 11.5 Å². The minimum absolute atomic E-state index is 0.0149. The molecule has 2 aromatic carbocycles. The van der Waals surface area contributed by atoms with E-state index in [1.165, 1.54) is 6.07 Å². The van der Waals surface area contributed by atoms with Gasteiger partial charge in [-0.05, 0) is 78.8 Å². The number of primary amides is 1. The number of aliphatic hydroxyl groups is 2. The summed E-state index contributed by atoms with van der Waals surface area (Å²) in [6, 6.07) is 10.6. The second kappa shape index (κ2) is 11.9. The van der Waals surface area contributed by atoms with Crippen molar-refractivity contribution in [2.45, 2.75) is 44.9 Å². The van der Waals surface area contributed by atoms with Gasteiger partial charge in [0.2, 0.25) is 11.8 Å². The minimum Gasteiger partial charge on any atom is -0.507 e. The summed E-state index contributed by atoms with van der Waals surface area (Å²) in [4.78, 5) is 49.1. The quantitative estimate of drug-likeness (QED) is 0.267. The molecule has 2 aliphatic rings. The second-order valence-electron chi connectivity index (χ2n) is 10.4. The molecule has 4 rings (SSSR count). The number of fused-ring (bicyclic) bond motifs is 1. The van der Waals surface area contributed by atoms with Crippen molar-refractivity contribution < 1.29 is 34.5 Å². The molecule has 3 atom stereocenters. The zero-order valence-corrected chi connectivity index (χ0v) is 21.2. The molecular weight excluding hydrogens is 488 g/mol. The molecule has 38 heavy (non-hydrogen) atoms. The summed E-state index contributed by atoms with van der Waals surface area (Å²) in [6.45, 7) is -0.693. The zero-order valence-electron chi connectivity index (χ0n) is 21.2. The number of phenolic OH excluding ortho intramolecular Hbond substituents is 1. The van der Waals surface area contributed by atoms with Gasteiger partial charge in [0, 0.05) is 30.6 Å². The number of benzene rings is 2. The molecule has 0 heterocycles. The largest absolute Gasteiger partial charge is 0.507 e. The standard InChI is InChI=1S/C29H34N2O7/c30-27(37)14-25(35)23(15-33)19(9-10-32)11-16-12-22-21(7-8-24(34)28(22)26(36)13-16)17-3-5-20(6-4-17)31-29(38)18-1-2-18/h3-8,16,18-19,23,32-34H,1-2,9-15H2,(H2,30,37)(H,31,38). The van der Waals surface area contributed by atoms with Gasteiger partial charge in [0.15, 0.2) is 5.78 Å². The minimum atomic E-state index is -0.867. The van der Waals surface area contributed by atoms with Crippen molar-refractivity contribution in [1.29, 1.82) is 0 Å². The lowest BCUT2D eigenvalue weighted by atomic mass is 9.72. The van der Waals surface area contributed by atoms with Gasteiger partial charge >= 0.3 is 0 Å². The molecule has 1 fully saturated rings. The summed E-state index contributed by atoms with van der Waals surface area (Å²) in [5.74, 6) is -2.95. The highest BCUT2D eigenvalue weighted by atomic mass is 16.3. The molecule has 2 aromatic rings. The van der Waals surface area contributed by atoms with E-state index in [9.17, 15) is 34.5 Å². The average molecular weight is 523 g/mol. The predicted molar refractivity (Wildman–Crippen MR) is 140 cm³/mol. The first-order valence-electron chi connectivity index (χ1n) is 13.0. The Balaban J connectivity index is 1.58. The number of hydrogen-bond donors (Lipinski definition) is 5. The van der Waals surface area contributed by atoms with E-state index in [2.05, 4.69) is 5.32 Å². The van der Waals surface area contributed by atoms with Crippen LogP contribution in [0.15, 0.2) is 36.4 Å². The van der Waals surface area contributed by atoms with E-state index in [-0.39, 0.29) is 54.3 Å². The van der Waals surface area contributed by atoms with E-state index in [0.29, 0.717) is 24.1 Å². The number of carbonyl (C=O) groups is 4. The molecule has 0 radical (unpaired) electrons. The number of phenols is 1. The molecule has 0 bridgehead atoms. The van der Waals surface area contributed by atoms with Gasteiger partial charge < -0.3 is 26.4 Å². The Hall–Kier alpha value is -3.56. The molecule has 202 valence electrons. The summed E-state index contributed by atoms with van der Waals surface area (Å²) < 4.78 is 0. The third kappa shape index (κ3) is 6.28. The van der Waals surface area contributed by atoms with Crippen LogP contribution in [0.1, 0.15) is 54.4 Å². The number of rotatable bonds is 12. The fourth-order valence-corrected chi connectivity index (χ4v) is 5.54. The highest BCUT2D eigenvalue weighted by Crippen LogP contribution is 2.41. The predicted octanol–water partition coefficient (Wildman–Crippen LogP) is 2.59. The Morgan fingerprint density at radius 2 is 1.74 bits per heavy atom. The first-order valence-corrected chi connectivity index (χ1v) is 13.0. The number of carbonyl (C=O) groups excluding carboxylic acids is 4. The lowest BCUT2D eigenvalue weighted by molar-refractivity contribution is -0.131. The molecule has 9 heteroatoms. The third-order valence-electron chi connectivity index (χ3n) is 7.61. The summed E-state index contributed by atoms with van der Waals surface area (Å²) in [5.41, 5.74) is 8.47. The SMILES string of the molecule is NC(=O)CC(=O)C(CO)C(CCO)CC1CC(=O)c2c(O)ccc(-c3ccc(NC(=O)C4CC4)cc3)c2C1. The normalized spacial score (nSPS) is 18.4. The van der Waals surface area contributed by atoms with Crippen LogP contribution in [0.5, 0.6) is 5.75 Å². The molecule has 0 aromatic heterocycles. The van der Waals surface area contributed by atoms with E-state index in [4.69, 9.17) is 5.73 Å². The Labute approximate surface area is 221 Å². The van der Waals surface area contributed by atoms with Gasteiger partial charge in [-0.15, -0.1) is 0 Å². The molecule has 0 aliphatic heterocycles. The maximum Gasteiger partial charge on any atom is 0.227 e. The van der Waals surface area contributed by atoms with E-state index < -0.39 is 36.6 Å². The van der Waals surface area contributed by atoms with Gasteiger partial charge in [0.25, 0.3) is 0 Å². The molecule has 1 saturated carbocycles. The molecule has 0 saturated heterocycles. The van der Waals surface area contributed by atoms with E-state index in [0.717, 1.165) is 24.0 Å². The number of ketones is 2. The Bertz CT molecular complexity index is 1220. The van der Waals surface area contributed by atoms with Crippen LogP contribution in [-0.4, -0.2) is 51.9 Å². The zero-order chi connectivity index (χ0) is 27.4. The molecule has 0 spiro atoms. The number of Topliss-reactive ketones (excluding diaryl/α,β-unsaturated/α-hetero) is 2. The third-order valence-corrected chi connectivity index (χ3v) is 7.61. The first-order chi connectivity index (χ1) is 18.2. The van der Waals surface area contributed by atoms with Crippen LogP contribution in [0.3, 0.4) is 0 Å². The van der Waals surface area contributed by atoms with Gasteiger partial charge in [-0.1, -0.05) is 18.2 Å². The molecule has 2 amide bonds. The number of aromatic hydroxyl groups is 1. The van der Waals surface area contributed by atoms with Crippen molar-refractivity contribution in [2.75, 3.05) is 18.5 Å². The smallest absolute Gasteiger partial charge is 0.227 e. The van der Waals surface area contributed by atoms with Crippen molar-refractivity contribution >= 4 is 29.1 Å². The maximum absolute atomic E-state index is 13.2. The Kier molecular flexibility index (Phi) is 8.58. The molecule has 9 nitrogen and oxygen atoms in total. The number of aliphatic hydroxyl groups excluding tert-OH is 2. The molecule has 6 N–H and O–H groups in total. The topological polar surface area (TPSA) is 167 Å². The van der Waals surface area contributed by atoms with Crippen molar-refractivity contribution in [2.24, 2.45) is 29.4 Å².